The average Bonchev–Trinajstić information content (AvgIpc) is 3.32. The lowest BCUT2D eigenvalue weighted by atomic mass is 9.80. The topological polar surface area (TPSA) is 97.1 Å². The first kappa shape index (κ1) is 17.9. The molecule has 2 aromatic rings. The molecule has 2 heterocycles. The van der Waals surface area contributed by atoms with E-state index in [1.807, 2.05) is 17.7 Å². The van der Waals surface area contributed by atoms with Crippen molar-refractivity contribution in [1.82, 2.24) is 20.1 Å². The Bertz CT molecular complexity index is 931. The highest BCUT2D eigenvalue weighted by Crippen LogP contribution is 2.41. The number of carbonyl (C=O) groups excluding carboxylic acids is 1. The molecule has 0 unspecified atom stereocenters. The molecule has 0 aromatic carbocycles. The third-order valence-electron chi connectivity index (χ3n) is 5.53. The number of carboxylic acids is 1. The lowest BCUT2D eigenvalue weighted by Crippen LogP contribution is -2.46. The first-order valence-corrected chi connectivity index (χ1v) is 9.59. The fourth-order valence-corrected chi connectivity index (χ4v) is 3.74. The van der Waals surface area contributed by atoms with E-state index in [1.165, 1.54) is 0 Å². The Balaban J connectivity index is 1.72. The Morgan fingerprint density at radius 1 is 1.26 bits per heavy atom. The minimum Gasteiger partial charge on any atom is -0.481 e. The van der Waals surface area contributed by atoms with Gasteiger partial charge in [-0.1, -0.05) is 0 Å². The van der Waals surface area contributed by atoms with Gasteiger partial charge in [-0.15, -0.1) is 0 Å². The molecular formula is C20H26N4O3. The zero-order valence-electron chi connectivity index (χ0n) is 16.2. The molecule has 2 aliphatic rings. The van der Waals surface area contributed by atoms with Gasteiger partial charge < -0.3 is 10.4 Å². The quantitative estimate of drug-likeness (QED) is 0.862. The van der Waals surface area contributed by atoms with Crippen LogP contribution in [0.25, 0.3) is 11.0 Å². The van der Waals surface area contributed by atoms with Crippen LogP contribution in [-0.4, -0.2) is 37.8 Å². The predicted molar refractivity (Wildman–Crippen MR) is 101 cm³/mol. The first-order valence-electron chi connectivity index (χ1n) is 9.59. The van der Waals surface area contributed by atoms with Gasteiger partial charge in [-0.2, -0.15) is 5.10 Å². The number of nitrogens with zero attached hydrogens (tertiary/aromatic N) is 3. The number of aryl methyl sites for hydroxylation is 1. The number of aliphatic carboxylic acids is 1. The number of carbonyl (C=O) groups is 2. The van der Waals surface area contributed by atoms with E-state index in [9.17, 15) is 9.59 Å². The van der Waals surface area contributed by atoms with E-state index in [4.69, 9.17) is 10.1 Å². The number of aromatic nitrogens is 3. The summed E-state index contributed by atoms with van der Waals surface area (Å²) in [6.45, 7) is 8.13. The Morgan fingerprint density at radius 3 is 2.48 bits per heavy atom. The Morgan fingerprint density at radius 2 is 1.93 bits per heavy atom. The van der Waals surface area contributed by atoms with Gasteiger partial charge in [0, 0.05) is 17.7 Å². The van der Waals surface area contributed by atoms with Crippen LogP contribution >= 0.6 is 0 Å². The lowest BCUT2D eigenvalue weighted by molar-refractivity contribution is -0.145. The molecule has 0 spiro atoms. The second-order valence-corrected chi connectivity index (χ2v) is 8.91. The lowest BCUT2D eigenvalue weighted by Gasteiger charge is -2.32. The maximum absolute atomic E-state index is 13.0. The third-order valence-corrected chi connectivity index (χ3v) is 5.53. The van der Waals surface area contributed by atoms with E-state index >= 15 is 0 Å². The van der Waals surface area contributed by atoms with Gasteiger partial charge in [-0.25, -0.2) is 9.67 Å². The van der Waals surface area contributed by atoms with Gasteiger partial charge in [0.1, 0.15) is 0 Å². The molecule has 0 bridgehead atoms. The highest BCUT2D eigenvalue weighted by Gasteiger charge is 2.36. The maximum Gasteiger partial charge on any atom is 0.306 e. The summed E-state index contributed by atoms with van der Waals surface area (Å²) >= 11 is 0. The SMILES string of the molecule is Cc1nn(C(C)(C)C)c2nc(C3CC3)cc(C(=O)NC3CC(C(=O)O)C3)c12. The van der Waals surface area contributed by atoms with E-state index in [1.54, 1.807) is 0 Å². The molecule has 0 radical (unpaired) electrons. The Kier molecular flexibility index (Phi) is 4.01. The number of pyridine rings is 1. The van der Waals surface area contributed by atoms with Gasteiger partial charge in [0.15, 0.2) is 5.65 Å². The summed E-state index contributed by atoms with van der Waals surface area (Å²) in [5.74, 6) is -0.871. The zero-order chi connectivity index (χ0) is 19.5. The number of hydrogen-bond donors (Lipinski definition) is 2. The smallest absolute Gasteiger partial charge is 0.306 e. The van der Waals surface area contributed by atoms with E-state index in [0.29, 0.717) is 24.3 Å². The average molecular weight is 370 g/mol. The molecule has 4 rings (SSSR count). The van der Waals surface area contributed by atoms with Gasteiger partial charge >= 0.3 is 5.97 Å². The predicted octanol–water partition coefficient (Wildman–Crippen LogP) is 2.97. The van der Waals surface area contributed by atoms with E-state index in [0.717, 1.165) is 35.3 Å². The van der Waals surface area contributed by atoms with Crippen molar-refractivity contribution >= 4 is 22.9 Å². The minimum absolute atomic E-state index is 0.0795. The molecular weight excluding hydrogens is 344 g/mol. The second-order valence-electron chi connectivity index (χ2n) is 8.91. The summed E-state index contributed by atoms with van der Waals surface area (Å²) in [6.07, 6.45) is 3.19. The van der Waals surface area contributed by atoms with Crippen LogP contribution in [0.15, 0.2) is 6.07 Å². The molecule has 2 fully saturated rings. The van der Waals surface area contributed by atoms with Crippen molar-refractivity contribution in [1.29, 1.82) is 0 Å². The number of carboxylic acid groups (broad SMARTS) is 1. The fraction of sp³-hybridized carbons (Fsp3) is 0.600. The number of fused-ring (bicyclic) bond motifs is 1. The van der Waals surface area contributed by atoms with Crippen molar-refractivity contribution in [3.05, 3.63) is 23.0 Å². The third kappa shape index (κ3) is 3.19. The van der Waals surface area contributed by atoms with Crippen LogP contribution in [0.2, 0.25) is 0 Å². The van der Waals surface area contributed by atoms with E-state index in [-0.39, 0.29) is 23.4 Å². The number of rotatable bonds is 4. The Labute approximate surface area is 158 Å². The normalized spacial score (nSPS) is 22.5. The largest absolute Gasteiger partial charge is 0.481 e. The van der Waals surface area contributed by atoms with Gasteiger partial charge in [-0.05, 0) is 59.4 Å². The summed E-state index contributed by atoms with van der Waals surface area (Å²) < 4.78 is 1.91. The summed E-state index contributed by atoms with van der Waals surface area (Å²) in [6, 6.07) is 1.83. The van der Waals surface area contributed by atoms with E-state index < -0.39 is 5.97 Å². The first-order chi connectivity index (χ1) is 12.6. The summed E-state index contributed by atoms with van der Waals surface area (Å²) in [5, 5.41) is 17.5. The fourth-order valence-electron chi connectivity index (χ4n) is 3.74. The van der Waals surface area contributed by atoms with Crippen LogP contribution < -0.4 is 5.32 Å². The molecule has 2 aliphatic carbocycles. The van der Waals surface area contributed by atoms with Crippen LogP contribution in [0.5, 0.6) is 0 Å². The molecule has 2 saturated carbocycles. The van der Waals surface area contributed by atoms with Crippen LogP contribution in [0, 0.1) is 12.8 Å². The highest BCUT2D eigenvalue weighted by molar-refractivity contribution is 6.06. The minimum atomic E-state index is -0.787. The second kappa shape index (κ2) is 6.04. The standard InChI is InChI=1S/C20H26N4O3/c1-10-16-14(18(25)21-13-7-12(8-13)19(26)27)9-15(11-5-6-11)22-17(16)24(23-10)20(2,3)4/h9,11-13H,5-8H2,1-4H3,(H,21,25)(H,26,27). The van der Waals surface area contributed by atoms with Crippen LogP contribution in [0.4, 0.5) is 0 Å². The summed E-state index contributed by atoms with van der Waals surface area (Å²) in [4.78, 5) is 28.9. The van der Waals surface area contributed by atoms with Gasteiger partial charge in [0.05, 0.1) is 28.1 Å². The zero-order valence-corrected chi connectivity index (χ0v) is 16.2. The molecule has 0 saturated heterocycles. The van der Waals surface area contributed by atoms with Crippen LogP contribution in [0.3, 0.4) is 0 Å². The maximum atomic E-state index is 13.0. The number of hydrogen-bond acceptors (Lipinski definition) is 4. The molecule has 2 N–H and O–H groups in total. The van der Waals surface area contributed by atoms with Crippen LogP contribution in [0.1, 0.15) is 74.1 Å². The van der Waals surface area contributed by atoms with Gasteiger partial charge in [0.25, 0.3) is 5.91 Å². The molecule has 0 aliphatic heterocycles. The summed E-state index contributed by atoms with van der Waals surface area (Å²) in [5.41, 5.74) is 2.87. The van der Waals surface area contributed by atoms with Gasteiger partial charge in [-0.3, -0.25) is 9.59 Å². The molecule has 27 heavy (non-hydrogen) atoms. The number of amides is 1. The highest BCUT2D eigenvalue weighted by atomic mass is 16.4. The van der Waals surface area contributed by atoms with Crippen molar-refractivity contribution in [2.45, 2.75) is 70.9 Å². The molecule has 7 heteroatoms. The molecule has 1 amide bonds. The molecule has 0 atom stereocenters. The molecule has 144 valence electrons. The van der Waals surface area contributed by atoms with E-state index in [2.05, 4.69) is 31.2 Å². The Hall–Kier alpha value is -2.44. The monoisotopic (exact) mass is 370 g/mol. The van der Waals surface area contributed by atoms with Crippen molar-refractivity contribution in [3.63, 3.8) is 0 Å². The van der Waals surface area contributed by atoms with Crippen molar-refractivity contribution in [3.8, 4) is 0 Å². The van der Waals surface area contributed by atoms with Gasteiger partial charge in [0.2, 0.25) is 0 Å². The van der Waals surface area contributed by atoms with Crippen molar-refractivity contribution in [2.75, 3.05) is 0 Å². The van der Waals surface area contributed by atoms with Crippen LogP contribution in [-0.2, 0) is 10.3 Å². The van der Waals surface area contributed by atoms with Crippen molar-refractivity contribution < 1.29 is 14.7 Å². The molecule has 2 aromatic heterocycles. The van der Waals surface area contributed by atoms with Crippen molar-refractivity contribution in [2.24, 2.45) is 5.92 Å². The summed E-state index contributed by atoms with van der Waals surface area (Å²) in [7, 11) is 0. The molecule has 7 nitrogen and oxygen atoms in total. The number of nitrogens with one attached hydrogen (secondary N) is 1.